The Morgan fingerprint density at radius 1 is 1.24 bits per heavy atom. The summed E-state index contributed by atoms with van der Waals surface area (Å²) in [7, 11) is 0. The predicted octanol–water partition coefficient (Wildman–Crippen LogP) is 3.86. The van der Waals surface area contributed by atoms with Crippen LogP contribution in [-0.4, -0.2) is 16.5 Å². The third kappa shape index (κ3) is 3.26. The van der Waals surface area contributed by atoms with Crippen molar-refractivity contribution in [3.8, 4) is 0 Å². The summed E-state index contributed by atoms with van der Waals surface area (Å²) in [6, 6.07) is 12.0. The van der Waals surface area contributed by atoms with Crippen LogP contribution < -0.4 is 5.32 Å². The van der Waals surface area contributed by atoms with Crippen LogP contribution in [0.4, 0.5) is 0 Å². The summed E-state index contributed by atoms with van der Waals surface area (Å²) in [5.74, 6) is 0. The van der Waals surface area contributed by atoms with Crippen LogP contribution >= 0.6 is 11.6 Å². The van der Waals surface area contributed by atoms with Gasteiger partial charge in [0.15, 0.2) is 0 Å². The maximum absolute atomic E-state index is 6.10. The number of aromatic amines is 1. The topological polar surface area (TPSA) is 40.7 Å². The molecule has 2 N–H and O–H groups in total. The van der Waals surface area contributed by atoms with E-state index in [-0.39, 0.29) is 0 Å². The quantitative estimate of drug-likeness (QED) is 0.702. The van der Waals surface area contributed by atoms with Crippen LogP contribution in [0.5, 0.6) is 0 Å². The van der Waals surface area contributed by atoms with E-state index in [4.69, 9.17) is 11.6 Å². The SMILES string of the molecule is Cc1[nH]c2ccc(Cl)cc2c1CCNCc1ccccn1. The van der Waals surface area contributed by atoms with Gasteiger partial charge in [-0.1, -0.05) is 17.7 Å². The van der Waals surface area contributed by atoms with Gasteiger partial charge in [-0.3, -0.25) is 4.98 Å². The van der Waals surface area contributed by atoms with Crippen molar-refractivity contribution in [2.24, 2.45) is 0 Å². The fourth-order valence-corrected chi connectivity index (χ4v) is 2.78. The van der Waals surface area contributed by atoms with Crippen molar-refractivity contribution in [1.29, 1.82) is 0 Å². The highest BCUT2D eigenvalue weighted by Gasteiger charge is 2.08. The molecule has 0 bridgehead atoms. The van der Waals surface area contributed by atoms with Crippen LogP contribution in [0.2, 0.25) is 5.02 Å². The minimum absolute atomic E-state index is 0.782. The van der Waals surface area contributed by atoms with Crippen LogP contribution in [0.15, 0.2) is 42.6 Å². The van der Waals surface area contributed by atoms with Crippen molar-refractivity contribution < 1.29 is 0 Å². The van der Waals surface area contributed by atoms with Crippen molar-refractivity contribution in [1.82, 2.24) is 15.3 Å². The molecular formula is C17H18ClN3. The lowest BCUT2D eigenvalue weighted by molar-refractivity contribution is 0.675. The highest BCUT2D eigenvalue weighted by Crippen LogP contribution is 2.25. The summed E-state index contributed by atoms with van der Waals surface area (Å²) in [5.41, 5.74) is 4.76. The molecule has 0 saturated carbocycles. The van der Waals surface area contributed by atoms with Gasteiger partial charge in [0.1, 0.15) is 0 Å². The zero-order chi connectivity index (χ0) is 14.7. The van der Waals surface area contributed by atoms with Gasteiger partial charge in [0.25, 0.3) is 0 Å². The van der Waals surface area contributed by atoms with E-state index in [2.05, 4.69) is 22.2 Å². The van der Waals surface area contributed by atoms with Gasteiger partial charge in [0.05, 0.1) is 5.69 Å². The monoisotopic (exact) mass is 299 g/mol. The number of fused-ring (bicyclic) bond motifs is 1. The van der Waals surface area contributed by atoms with E-state index >= 15 is 0 Å². The number of pyridine rings is 1. The molecule has 0 fully saturated rings. The van der Waals surface area contributed by atoms with Gasteiger partial charge < -0.3 is 10.3 Å². The Morgan fingerprint density at radius 3 is 2.95 bits per heavy atom. The molecule has 2 heterocycles. The minimum atomic E-state index is 0.782. The molecule has 108 valence electrons. The second kappa shape index (κ2) is 6.29. The lowest BCUT2D eigenvalue weighted by Crippen LogP contribution is -2.17. The molecule has 0 aliphatic carbocycles. The standard InChI is InChI=1S/C17H18ClN3/c1-12-15(16-10-13(18)5-6-17(16)21-12)7-9-19-11-14-4-2-3-8-20-14/h2-6,8,10,19,21H,7,9,11H2,1H3. The largest absolute Gasteiger partial charge is 0.358 e. The zero-order valence-electron chi connectivity index (χ0n) is 12.0. The van der Waals surface area contributed by atoms with Crippen molar-refractivity contribution in [2.75, 3.05) is 6.54 Å². The number of H-pyrrole nitrogens is 1. The van der Waals surface area contributed by atoms with Gasteiger partial charge in [-0.05, 0) is 55.8 Å². The lowest BCUT2D eigenvalue weighted by Gasteiger charge is -2.05. The molecule has 3 rings (SSSR count). The van der Waals surface area contributed by atoms with Crippen molar-refractivity contribution in [2.45, 2.75) is 19.9 Å². The van der Waals surface area contributed by atoms with Crippen LogP contribution in [0.3, 0.4) is 0 Å². The Hall–Kier alpha value is -1.84. The fourth-order valence-electron chi connectivity index (χ4n) is 2.61. The van der Waals surface area contributed by atoms with E-state index in [9.17, 15) is 0 Å². The van der Waals surface area contributed by atoms with Crippen LogP contribution in [0, 0.1) is 6.92 Å². The van der Waals surface area contributed by atoms with Crippen LogP contribution in [0.25, 0.3) is 10.9 Å². The van der Waals surface area contributed by atoms with Crippen molar-refractivity contribution in [3.05, 3.63) is 64.6 Å². The third-order valence-electron chi connectivity index (χ3n) is 3.67. The first kappa shape index (κ1) is 14.1. The van der Waals surface area contributed by atoms with Crippen molar-refractivity contribution in [3.63, 3.8) is 0 Å². The summed E-state index contributed by atoms with van der Waals surface area (Å²) in [6.45, 7) is 3.82. The number of aryl methyl sites for hydroxylation is 1. The smallest absolute Gasteiger partial charge is 0.0541 e. The summed E-state index contributed by atoms with van der Waals surface area (Å²) in [6.07, 6.45) is 2.79. The molecule has 2 aromatic heterocycles. The Balaban J connectivity index is 1.65. The summed E-state index contributed by atoms with van der Waals surface area (Å²) in [4.78, 5) is 7.72. The Kier molecular flexibility index (Phi) is 4.23. The summed E-state index contributed by atoms with van der Waals surface area (Å²) in [5, 5.41) is 5.44. The van der Waals surface area contributed by atoms with Gasteiger partial charge in [0.2, 0.25) is 0 Å². The number of hydrogen-bond donors (Lipinski definition) is 2. The summed E-state index contributed by atoms with van der Waals surface area (Å²) < 4.78 is 0. The fraction of sp³-hybridized carbons (Fsp3) is 0.235. The molecular weight excluding hydrogens is 282 g/mol. The van der Waals surface area contributed by atoms with Gasteiger partial charge in [-0.15, -0.1) is 0 Å². The molecule has 21 heavy (non-hydrogen) atoms. The second-order valence-electron chi connectivity index (χ2n) is 5.17. The first-order chi connectivity index (χ1) is 10.2. The zero-order valence-corrected chi connectivity index (χ0v) is 12.7. The number of rotatable bonds is 5. The van der Waals surface area contributed by atoms with E-state index in [0.29, 0.717) is 0 Å². The maximum atomic E-state index is 6.10. The number of halogens is 1. The third-order valence-corrected chi connectivity index (χ3v) is 3.90. The van der Waals surface area contributed by atoms with Crippen LogP contribution in [0.1, 0.15) is 17.0 Å². The Morgan fingerprint density at radius 2 is 2.14 bits per heavy atom. The predicted molar refractivity (Wildman–Crippen MR) is 87.7 cm³/mol. The molecule has 0 aliphatic heterocycles. The van der Waals surface area contributed by atoms with E-state index in [1.54, 1.807) is 0 Å². The Bertz CT molecular complexity index is 734. The van der Waals surface area contributed by atoms with E-state index in [0.717, 1.165) is 35.7 Å². The molecule has 0 saturated heterocycles. The van der Waals surface area contributed by atoms with Gasteiger partial charge >= 0.3 is 0 Å². The second-order valence-corrected chi connectivity index (χ2v) is 5.60. The molecule has 0 spiro atoms. The molecule has 3 aromatic rings. The molecule has 0 radical (unpaired) electrons. The molecule has 0 atom stereocenters. The number of nitrogens with zero attached hydrogens (tertiary/aromatic N) is 1. The number of benzene rings is 1. The molecule has 0 aliphatic rings. The van der Waals surface area contributed by atoms with E-state index in [1.165, 1.54) is 16.6 Å². The number of hydrogen-bond acceptors (Lipinski definition) is 2. The molecule has 4 heteroatoms. The highest BCUT2D eigenvalue weighted by molar-refractivity contribution is 6.31. The molecule has 1 aromatic carbocycles. The van der Waals surface area contributed by atoms with Crippen molar-refractivity contribution >= 4 is 22.5 Å². The highest BCUT2D eigenvalue weighted by atomic mass is 35.5. The van der Waals surface area contributed by atoms with Gasteiger partial charge in [0, 0.05) is 34.4 Å². The molecule has 3 nitrogen and oxygen atoms in total. The summed E-state index contributed by atoms with van der Waals surface area (Å²) >= 11 is 6.10. The van der Waals surface area contributed by atoms with Gasteiger partial charge in [-0.25, -0.2) is 0 Å². The number of aromatic nitrogens is 2. The normalized spacial score (nSPS) is 11.1. The molecule has 0 amide bonds. The average Bonchev–Trinajstić information content (AvgIpc) is 2.80. The first-order valence-corrected chi connectivity index (χ1v) is 7.49. The number of nitrogens with one attached hydrogen (secondary N) is 2. The Labute approximate surface area is 129 Å². The maximum Gasteiger partial charge on any atom is 0.0541 e. The molecule has 0 unspecified atom stereocenters. The van der Waals surface area contributed by atoms with Crippen LogP contribution in [-0.2, 0) is 13.0 Å². The average molecular weight is 300 g/mol. The first-order valence-electron chi connectivity index (χ1n) is 7.11. The minimum Gasteiger partial charge on any atom is -0.358 e. The lowest BCUT2D eigenvalue weighted by atomic mass is 10.1. The van der Waals surface area contributed by atoms with Gasteiger partial charge in [-0.2, -0.15) is 0 Å². The van der Waals surface area contributed by atoms with E-state index < -0.39 is 0 Å². The van der Waals surface area contributed by atoms with E-state index in [1.807, 2.05) is 42.6 Å².